The summed E-state index contributed by atoms with van der Waals surface area (Å²) < 4.78 is 0. The Labute approximate surface area is 110 Å². The third-order valence-electron chi connectivity index (χ3n) is 4.07. The average molecular weight is 248 g/mol. The van der Waals surface area contributed by atoms with Crippen molar-refractivity contribution in [1.82, 2.24) is 15.2 Å². The average Bonchev–Trinajstić information content (AvgIpc) is 2.41. The van der Waals surface area contributed by atoms with E-state index in [1.54, 1.807) is 0 Å². The summed E-state index contributed by atoms with van der Waals surface area (Å²) in [6.07, 6.45) is 7.94. The Balaban J connectivity index is 2.02. The smallest absolute Gasteiger partial charge is 0.243 e. The molecule has 1 fully saturated rings. The van der Waals surface area contributed by atoms with Crippen molar-refractivity contribution in [3.05, 3.63) is 11.4 Å². The van der Waals surface area contributed by atoms with E-state index >= 15 is 0 Å². The topological polar surface area (TPSA) is 50.7 Å². The predicted octanol–water partition coefficient (Wildman–Crippen LogP) is 3.26. The lowest BCUT2D eigenvalue weighted by molar-refractivity contribution is 0.312. The van der Waals surface area contributed by atoms with E-state index < -0.39 is 0 Å². The molecule has 100 valence electrons. The predicted molar refractivity (Wildman–Crippen MR) is 73.6 cm³/mol. The number of hydrogen-bond acceptors (Lipinski definition) is 4. The van der Waals surface area contributed by atoms with Crippen molar-refractivity contribution >= 4 is 5.95 Å². The Morgan fingerprint density at radius 1 is 1.11 bits per heavy atom. The van der Waals surface area contributed by atoms with Crippen molar-refractivity contribution in [2.75, 3.05) is 5.32 Å². The van der Waals surface area contributed by atoms with Crippen LogP contribution in [0.15, 0.2) is 0 Å². The molecule has 0 spiro atoms. The van der Waals surface area contributed by atoms with Crippen LogP contribution < -0.4 is 5.32 Å². The molecule has 1 atom stereocenters. The zero-order chi connectivity index (χ0) is 13.0. The maximum atomic E-state index is 4.47. The highest BCUT2D eigenvalue weighted by Gasteiger charge is 2.22. The molecule has 0 aromatic carbocycles. The molecule has 0 aliphatic heterocycles. The van der Waals surface area contributed by atoms with Gasteiger partial charge in [0.15, 0.2) is 0 Å². The van der Waals surface area contributed by atoms with Gasteiger partial charge in [-0.15, -0.1) is 5.10 Å². The lowest BCUT2D eigenvalue weighted by Gasteiger charge is -2.30. The SMILES string of the molecule is CCC(Nc1nnc(C)c(C)n1)C1CCCCC1. The molecular weight excluding hydrogens is 224 g/mol. The number of hydrogen-bond donors (Lipinski definition) is 1. The Kier molecular flexibility index (Phi) is 4.50. The van der Waals surface area contributed by atoms with Crippen molar-refractivity contribution in [1.29, 1.82) is 0 Å². The fourth-order valence-corrected chi connectivity index (χ4v) is 2.77. The second-order valence-electron chi connectivity index (χ2n) is 5.36. The molecule has 1 aliphatic carbocycles. The summed E-state index contributed by atoms with van der Waals surface area (Å²) in [6, 6.07) is 0.495. The fraction of sp³-hybridized carbons (Fsp3) is 0.786. The molecule has 1 aliphatic rings. The number of aryl methyl sites for hydroxylation is 2. The van der Waals surface area contributed by atoms with Crippen LogP contribution in [0.3, 0.4) is 0 Å². The molecule has 18 heavy (non-hydrogen) atoms. The highest BCUT2D eigenvalue weighted by atomic mass is 15.2. The van der Waals surface area contributed by atoms with Crippen molar-refractivity contribution < 1.29 is 0 Å². The van der Waals surface area contributed by atoms with Crippen LogP contribution in [0.2, 0.25) is 0 Å². The minimum Gasteiger partial charge on any atom is -0.350 e. The standard InChI is InChI=1S/C14H24N4/c1-4-13(12-8-6-5-7-9-12)16-14-15-10(2)11(3)17-18-14/h12-13H,4-9H2,1-3H3,(H,15,16,18). The van der Waals surface area contributed by atoms with E-state index in [2.05, 4.69) is 27.4 Å². The molecule has 1 heterocycles. The van der Waals surface area contributed by atoms with Gasteiger partial charge in [0.25, 0.3) is 0 Å². The molecule has 1 unspecified atom stereocenters. The van der Waals surface area contributed by atoms with Crippen LogP contribution >= 0.6 is 0 Å². The van der Waals surface area contributed by atoms with Crippen LogP contribution in [-0.4, -0.2) is 21.2 Å². The zero-order valence-electron chi connectivity index (χ0n) is 11.7. The lowest BCUT2D eigenvalue weighted by Crippen LogP contribution is -2.31. The Bertz CT molecular complexity index is 385. The summed E-state index contributed by atoms with van der Waals surface area (Å²) >= 11 is 0. The van der Waals surface area contributed by atoms with Gasteiger partial charge in [-0.05, 0) is 39.0 Å². The van der Waals surface area contributed by atoms with Gasteiger partial charge in [0.2, 0.25) is 5.95 Å². The van der Waals surface area contributed by atoms with Gasteiger partial charge < -0.3 is 5.32 Å². The van der Waals surface area contributed by atoms with Crippen molar-refractivity contribution in [3.8, 4) is 0 Å². The van der Waals surface area contributed by atoms with Gasteiger partial charge in [-0.2, -0.15) is 5.10 Å². The van der Waals surface area contributed by atoms with Crippen molar-refractivity contribution in [2.45, 2.75) is 65.3 Å². The van der Waals surface area contributed by atoms with Crippen LogP contribution in [-0.2, 0) is 0 Å². The molecule has 0 radical (unpaired) electrons. The third kappa shape index (κ3) is 3.18. The van der Waals surface area contributed by atoms with Gasteiger partial charge in [0.1, 0.15) is 0 Å². The van der Waals surface area contributed by atoms with E-state index in [0.717, 1.165) is 23.7 Å². The molecule has 1 N–H and O–H groups in total. The van der Waals surface area contributed by atoms with Crippen molar-refractivity contribution in [3.63, 3.8) is 0 Å². The molecule has 1 saturated carbocycles. The Hall–Kier alpha value is -1.19. The zero-order valence-corrected chi connectivity index (χ0v) is 11.7. The molecule has 4 nitrogen and oxygen atoms in total. The summed E-state index contributed by atoms with van der Waals surface area (Å²) in [6.45, 7) is 6.16. The fourth-order valence-electron chi connectivity index (χ4n) is 2.77. The molecule has 2 rings (SSSR count). The quantitative estimate of drug-likeness (QED) is 0.888. The maximum Gasteiger partial charge on any atom is 0.243 e. The first-order valence-electron chi connectivity index (χ1n) is 7.15. The lowest BCUT2D eigenvalue weighted by atomic mass is 9.83. The van der Waals surface area contributed by atoms with E-state index in [1.165, 1.54) is 32.1 Å². The van der Waals surface area contributed by atoms with Gasteiger partial charge >= 0.3 is 0 Å². The summed E-state index contributed by atoms with van der Waals surface area (Å²) in [5, 5.41) is 11.8. The Morgan fingerprint density at radius 3 is 2.44 bits per heavy atom. The highest BCUT2D eigenvalue weighted by molar-refractivity contribution is 5.26. The highest BCUT2D eigenvalue weighted by Crippen LogP contribution is 2.28. The van der Waals surface area contributed by atoms with Gasteiger partial charge in [-0.25, -0.2) is 4.98 Å². The molecule has 1 aromatic rings. The van der Waals surface area contributed by atoms with Gasteiger partial charge in [-0.3, -0.25) is 0 Å². The largest absolute Gasteiger partial charge is 0.350 e. The number of nitrogens with one attached hydrogen (secondary N) is 1. The molecular formula is C14H24N4. The van der Waals surface area contributed by atoms with Gasteiger partial charge in [0.05, 0.1) is 11.4 Å². The second-order valence-corrected chi connectivity index (χ2v) is 5.36. The first-order chi connectivity index (χ1) is 8.70. The molecule has 1 aromatic heterocycles. The summed E-state index contributed by atoms with van der Waals surface area (Å²) in [5.74, 6) is 1.46. The van der Waals surface area contributed by atoms with E-state index in [9.17, 15) is 0 Å². The summed E-state index contributed by atoms with van der Waals surface area (Å²) in [5.41, 5.74) is 1.87. The number of rotatable bonds is 4. The monoisotopic (exact) mass is 248 g/mol. The Morgan fingerprint density at radius 2 is 1.83 bits per heavy atom. The van der Waals surface area contributed by atoms with Gasteiger partial charge in [-0.1, -0.05) is 26.2 Å². The first-order valence-corrected chi connectivity index (χ1v) is 7.15. The van der Waals surface area contributed by atoms with Crippen molar-refractivity contribution in [2.24, 2.45) is 5.92 Å². The number of anilines is 1. The van der Waals surface area contributed by atoms with Crippen LogP contribution in [0.25, 0.3) is 0 Å². The minimum absolute atomic E-state index is 0.495. The summed E-state index contributed by atoms with van der Waals surface area (Å²) in [7, 11) is 0. The maximum absolute atomic E-state index is 4.47. The van der Waals surface area contributed by atoms with E-state index in [1.807, 2.05) is 13.8 Å². The normalized spacial score (nSPS) is 18.6. The van der Waals surface area contributed by atoms with E-state index in [0.29, 0.717) is 12.0 Å². The number of nitrogens with zero attached hydrogens (tertiary/aromatic N) is 3. The van der Waals surface area contributed by atoms with Crippen LogP contribution in [0, 0.1) is 19.8 Å². The molecule has 0 bridgehead atoms. The van der Waals surface area contributed by atoms with E-state index in [4.69, 9.17) is 0 Å². The van der Waals surface area contributed by atoms with Crippen LogP contribution in [0.1, 0.15) is 56.8 Å². The van der Waals surface area contributed by atoms with Crippen LogP contribution in [0.4, 0.5) is 5.95 Å². The molecule has 4 heteroatoms. The molecule has 0 saturated heterocycles. The second kappa shape index (κ2) is 6.12. The van der Waals surface area contributed by atoms with Gasteiger partial charge in [0, 0.05) is 6.04 Å². The summed E-state index contributed by atoms with van der Waals surface area (Å²) in [4.78, 5) is 4.47. The third-order valence-corrected chi connectivity index (χ3v) is 4.07. The van der Waals surface area contributed by atoms with E-state index in [-0.39, 0.29) is 0 Å². The van der Waals surface area contributed by atoms with Crippen LogP contribution in [0.5, 0.6) is 0 Å². The first kappa shape index (κ1) is 13.2. The minimum atomic E-state index is 0.495. The number of aromatic nitrogens is 3. The molecule has 0 amide bonds.